The lowest BCUT2D eigenvalue weighted by atomic mass is 10.1. The number of likely N-dealkylation sites (N-methyl/N-ethyl adjacent to an activating group) is 1. The van der Waals surface area contributed by atoms with Crippen molar-refractivity contribution in [3.63, 3.8) is 0 Å². The first-order valence-electron chi connectivity index (χ1n) is 6.45. The van der Waals surface area contributed by atoms with Gasteiger partial charge in [-0.2, -0.15) is 0 Å². The molecule has 1 aliphatic rings. The van der Waals surface area contributed by atoms with E-state index in [2.05, 4.69) is 35.9 Å². The van der Waals surface area contributed by atoms with Gasteiger partial charge >= 0.3 is 0 Å². The van der Waals surface area contributed by atoms with Crippen molar-refractivity contribution in [1.82, 2.24) is 9.80 Å². The number of rotatable bonds is 2. The molecule has 2 N–H and O–H groups in total. The third kappa shape index (κ3) is 3.20. The Morgan fingerprint density at radius 1 is 1.18 bits per heavy atom. The molecule has 17 heavy (non-hydrogen) atoms. The maximum Gasteiger partial charge on any atom is 0.0321 e. The van der Waals surface area contributed by atoms with E-state index in [4.69, 9.17) is 5.73 Å². The highest BCUT2D eigenvalue weighted by molar-refractivity contribution is 5.41. The van der Waals surface area contributed by atoms with Crippen molar-refractivity contribution in [3.8, 4) is 0 Å². The van der Waals surface area contributed by atoms with Crippen molar-refractivity contribution >= 4 is 5.69 Å². The van der Waals surface area contributed by atoms with E-state index in [1.165, 1.54) is 25.1 Å². The molecule has 1 aromatic carbocycles. The summed E-state index contributed by atoms with van der Waals surface area (Å²) < 4.78 is 0. The third-order valence-electron chi connectivity index (χ3n) is 3.69. The molecule has 1 unspecified atom stereocenters. The molecule has 0 aliphatic carbocycles. The van der Waals surface area contributed by atoms with Crippen molar-refractivity contribution in [2.75, 3.05) is 39.0 Å². The van der Waals surface area contributed by atoms with Crippen molar-refractivity contribution in [2.45, 2.75) is 19.4 Å². The molecule has 0 bridgehead atoms. The fourth-order valence-corrected chi connectivity index (χ4v) is 2.48. The fourth-order valence-electron chi connectivity index (χ4n) is 2.48. The molecule has 1 aliphatic heterocycles. The largest absolute Gasteiger partial charge is 0.399 e. The zero-order chi connectivity index (χ0) is 12.3. The molecule has 0 amide bonds. The van der Waals surface area contributed by atoms with Gasteiger partial charge in [-0.05, 0) is 44.6 Å². The van der Waals surface area contributed by atoms with Gasteiger partial charge in [0.25, 0.3) is 0 Å². The molecule has 0 spiro atoms. The molecule has 0 radical (unpaired) electrons. The quantitative estimate of drug-likeness (QED) is 0.793. The Hall–Kier alpha value is -1.06. The van der Waals surface area contributed by atoms with Crippen LogP contribution < -0.4 is 5.73 Å². The van der Waals surface area contributed by atoms with Gasteiger partial charge in [-0.25, -0.2) is 0 Å². The number of benzene rings is 1. The van der Waals surface area contributed by atoms with Gasteiger partial charge in [-0.15, -0.1) is 0 Å². The van der Waals surface area contributed by atoms with Crippen LogP contribution in [0.15, 0.2) is 24.3 Å². The van der Waals surface area contributed by atoms with Gasteiger partial charge in [0.2, 0.25) is 0 Å². The lowest BCUT2D eigenvalue weighted by molar-refractivity contribution is 0.217. The lowest BCUT2D eigenvalue weighted by Gasteiger charge is -2.28. The highest BCUT2D eigenvalue weighted by atomic mass is 15.2. The molecule has 1 fully saturated rings. The number of nitrogens with two attached hydrogens (primary N) is 1. The highest BCUT2D eigenvalue weighted by Gasteiger charge is 2.18. The average Bonchev–Trinajstić information content (AvgIpc) is 2.53. The van der Waals surface area contributed by atoms with Crippen molar-refractivity contribution in [3.05, 3.63) is 29.8 Å². The van der Waals surface area contributed by atoms with E-state index in [-0.39, 0.29) is 0 Å². The van der Waals surface area contributed by atoms with Crippen LogP contribution in [0.1, 0.15) is 24.9 Å². The van der Waals surface area contributed by atoms with E-state index < -0.39 is 0 Å². The summed E-state index contributed by atoms with van der Waals surface area (Å²) in [6, 6.07) is 8.73. The van der Waals surface area contributed by atoms with Gasteiger partial charge in [0.15, 0.2) is 0 Å². The summed E-state index contributed by atoms with van der Waals surface area (Å²) in [6.07, 6.45) is 1.25. The molecular formula is C14H23N3. The monoisotopic (exact) mass is 233 g/mol. The molecule has 94 valence electrons. The van der Waals surface area contributed by atoms with Gasteiger partial charge in [0.1, 0.15) is 0 Å². The Morgan fingerprint density at radius 3 is 2.76 bits per heavy atom. The first-order valence-corrected chi connectivity index (χ1v) is 6.45. The van der Waals surface area contributed by atoms with Gasteiger partial charge in [0, 0.05) is 31.4 Å². The SMILES string of the molecule is CC(c1cccc(N)c1)N1CCCN(C)CC1. The van der Waals surface area contributed by atoms with E-state index in [1.807, 2.05) is 12.1 Å². The Kier molecular flexibility index (Phi) is 4.02. The number of nitrogen functional groups attached to an aromatic ring is 1. The van der Waals surface area contributed by atoms with Crippen LogP contribution in [0.3, 0.4) is 0 Å². The normalized spacial score (nSPS) is 21.1. The standard InChI is InChI=1S/C14H23N3/c1-12(13-5-3-6-14(15)11-13)17-8-4-7-16(2)9-10-17/h3,5-6,11-12H,4,7-10,15H2,1-2H3. The number of hydrogen-bond donors (Lipinski definition) is 1. The van der Waals surface area contributed by atoms with Crippen LogP contribution in [0.4, 0.5) is 5.69 Å². The Balaban J connectivity index is 2.06. The van der Waals surface area contributed by atoms with Crippen molar-refractivity contribution < 1.29 is 0 Å². The molecule has 3 nitrogen and oxygen atoms in total. The topological polar surface area (TPSA) is 32.5 Å². The third-order valence-corrected chi connectivity index (χ3v) is 3.69. The predicted octanol–water partition coefficient (Wildman–Crippen LogP) is 1.97. The Labute approximate surface area is 104 Å². The summed E-state index contributed by atoms with van der Waals surface area (Å²) in [6.45, 7) is 6.97. The van der Waals surface area contributed by atoms with Crippen LogP contribution in [-0.2, 0) is 0 Å². The molecule has 2 rings (SSSR count). The van der Waals surface area contributed by atoms with E-state index in [9.17, 15) is 0 Å². The van der Waals surface area contributed by atoms with Crippen LogP contribution >= 0.6 is 0 Å². The summed E-state index contributed by atoms with van der Waals surface area (Å²) in [4.78, 5) is 4.96. The van der Waals surface area contributed by atoms with Crippen LogP contribution in [0.5, 0.6) is 0 Å². The molecule has 3 heteroatoms. The second kappa shape index (κ2) is 5.52. The van der Waals surface area contributed by atoms with Crippen LogP contribution in [0.25, 0.3) is 0 Å². The number of hydrogen-bond acceptors (Lipinski definition) is 3. The maximum atomic E-state index is 5.85. The summed E-state index contributed by atoms with van der Waals surface area (Å²) >= 11 is 0. The van der Waals surface area contributed by atoms with Crippen molar-refractivity contribution in [2.24, 2.45) is 0 Å². The minimum absolute atomic E-state index is 0.463. The van der Waals surface area contributed by atoms with E-state index >= 15 is 0 Å². The average molecular weight is 233 g/mol. The molecule has 1 heterocycles. The summed E-state index contributed by atoms with van der Waals surface area (Å²) in [5, 5.41) is 0. The van der Waals surface area contributed by atoms with E-state index in [0.717, 1.165) is 18.8 Å². The summed E-state index contributed by atoms with van der Waals surface area (Å²) in [7, 11) is 2.20. The maximum absolute atomic E-state index is 5.85. The van der Waals surface area contributed by atoms with E-state index in [0.29, 0.717) is 6.04 Å². The second-order valence-corrected chi connectivity index (χ2v) is 5.04. The van der Waals surface area contributed by atoms with Crippen LogP contribution in [-0.4, -0.2) is 43.0 Å². The summed E-state index contributed by atoms with van der Waals surface area (Å²) in [5.74, 6) is 0. The molecule has 1 saturated heterocycles. The lowest BCUT2D eigenvalue weighted by Crippen LogP contribution is -2.31. The van der Waals surface area contributed by atoms with Gasteiger partial charge < -0.3 is 10.6 Å². The minimum atomic E-state index is 0.463. The summed E-state index contributed by atoms with van der Waals surface area (Å²) in [5.41, 5.74) is 8.04. The first-order chi connectivity index (χ1) is 8.16. The Morgan fingerprint density at radius 2 is 2.00 bits per heavy atom. The van der Waals surface area contributed by atoms with E-state index in [1.54, 1.807) is 0 Å². The second-order valence-electron chi connectivity index (χ2n) is 5.04. The number of anilines is 1. The molecular weight excluding hydrogens is 210 g/mol. The number of nitrogens with zero attached hydrogens (tertiary/aromatic N) is 2. The molecule has 1 aromatic rings. The van der Waals surface area contributed by atoms with Crippen LogP contribution in [0.2, 0.25) is 0 Å². The van der Waals surface area contributed by atoms with Gasteiger partial charge in [-0.1, -0.05) is 12.1 Å². The first kappa shape index (κ1) is 12.4. The molecule has 0 saturated carbocycles. The zero-order valence-electron chi connectivity index (χ0n) is 10.9. The van der Waals surface area contributed by atoms with Gasteiger partial charge in [0.05, 0.1) is 0 Å². The Bertz CT molecular complexity index is 364. The molecule has 0 aromatic heterocycles. The van der Waals surface area contributed by atoms with Gasteiger partial charge in [-0.3, -0.25) is 4.90 Å². The highest BCUT2D eigenvalue weighted by Crippen LogP contribution is 2.22. The zero-order valence-corrected chi connectivity index (χ0v) is 10.9. The smallest absolute Gasteiger partial charge is 0.0321 e. The molecule has 1 atom stereocenters. The minimum Gasteiger partial charge on any atom is -0.399 e. The van der Waals surface area contributed by atoms with Crippen molar-refractivity contribution in [1.29, 1.82) is 0 Å². The van der Waals surface area contributed by atoms with Crippen LogP contribution in [0, 0.1) is 0 Å². The predicted molar refractivity (Wildman–Crippen MR) is 73.0 cm³/mol. The fraction of sp³-hybridized carbons (Fsp3) is 0.571.